The van der Waals surface area contributed by atoms with Crippen LogP contribution in [0.15, 0.2) is 42.5 Å². The lowest BCUT2D eigenvalue weighted by atomic mass is 9.76. The van der Waals surface area contributed by atoms with Gasteiger partial charge >= 0.3 is 0 Å². The lowest BCUT2D eigenvalue weighted by molar-refractivity contribution is 0.0712. The van der Waals surface area contributed by atoms with E-state index in [0.717, 1.165) is 66.0 Å². The van der Waals surface area contributed by atoms with Crippen LogP contribution < -0.4 is 0 Å². The van der Waals surface area contributed by atoms with Crippen LogP contribution in [0.25, 0.3) is 11.3 Å². The Morgan fingerprint density at radius 1 is 1.09 bits per heavy atom. The Labute approximate surface area is 202 Å². The molecule has 174 valence electrons. The Balaban J connectivity index is 1.37. The number of carbonyl (C=O) groups excluding carboxylic acids is 1. The van der Waals surface area contributed by atoms with Gasteiger partial charge in [-0.05, 0) is 91.8 Å². The molecule has 0 unspecified atom stereocenters. The van der Waals surface area contributed by atoms with Gasteiger partial charge in [-0.15, -0.1) is 6.42 Å². The summed E-state index contributed by atoms with van der Waals surface area (Å²) < 4.78 is 0. The summed E-state index contributed by atoms with van der Waals surface area (Å²) in [6.07, 6.45) is 12.1. The first kappa shape index (κ1) is 22.5. The zero-order chi connectivity index (χ0) is 23.7. The second-order valence-electron chi connectivity index (χ2n) is 9.85. The molecule has 1 aliphatic heterocycles. The molecule has 1 aliphatic carbocycles. The number of aromatic nitrogens is 2. The molecule has 1 amide bonds. The topological polar surface area (TPSA) is 49.0 Å². The number of likely N-dealkylation sites (tertiary alicyclic amines) is 1. The number of amides is 1. The van der Waals surface area contributed by atoms with E-state index in [2.05, 4.69) is 60.3 Å². The van der Waals surface area contributed by atoms with Crippen molar-refractivity contribution < 1.29 is 4.79 Å². The van der Waals surface area contributed by atoms with Crippen molar-refractivity contribution in [3.63, 3.8) is 0 Å². The summed E-state index contributed by atoms with van der Waals surface area (Å²) in [6.45, 7) is 5.77. The largest absolute Gasteiger partial charge is 0.339 e. The number of nitrogens with one attached hydrogen (secondary N) is 1. The van der Waals surface area contributed by atoms with Crippen LogP contribution >= 0.6 is 0 Å². The Morgan fingerprint density at radius 2 is 1.82 bits per heavy atom. The molecule has 2 aliphatic rings. The second-order valence-corrected chi connectivity index (χ2v) is 9.85. The number of aryl methyl sites for hydroxylation is 2. The van der Waals surface area contributed by atoms with Gasteiger partial charge in [0.2, 0.25) is 0 Å². The molecule has 4 heteroatoms. The maximum atomic E-state index is 13.6. The van der Waals surface area contributed by atoms with E-state index in [9.17, 15) is 4.79 Å². The molecule has 1 saturated carbocycles. The lowest BCUT2D eigenvalue weighted by Gasteiger charge is -2.33. The number of aromatic amines is 1. The summed E-state index contributed by atoms with van der Waals surface area (Å²) in [6, 6.07) is 14.8. The molecule has 0 bridgehead atoms. The van der Waals surface area contributed by atoms with Crippen molar-refractivity contribution in [3.8, 4) is 23.6 Å². The summed E-state index contributed by atoms with van der Waals surface area (Å²) in [5, 5.41) is 7.75. The van der Waals surface area contributed by atoms with Crippen molar-refractivity contribution in [2.24, 2.45) is 0 Å². The first-order valence-electron chi connectivity index (χ1n) is 12.6. The van der Waals surface area contributed by atoms with Gasteiger partial charge in [0.15, 0.2) is 0 Å². The first-order valence-corrected chi connectivity index (χ1v) is 12.6. The number of hydrogen-bond acceptors (Lipinski definition) is 2. The third-order valence-corrected chi connectivity index (χ3v) is 7.79. The Bertz CT molecular complexity index is 1220. The number of terminal acetylenes is 1. The van der Waals surface area contributed by atoms with Crippen LogP contribution in [0.4, 0.5) is 0 Å². The van der Waals surface area contributed by atoms with Crippen LogP contribution in [0.2, 0.25) is 0 Å². The van der Waals surface area contributed by atoms with E-state index >= 15 is 0 Å². The van der Waals surface area contributed by atoms with Crippen molar-refractivity contribution in [1.82, 2.24) is 15.1 Å². The average Bonchev–Trinajstić information content (AvgIpc) is 3.32. The van der Waals surface area contributed by atoms with Gasteiger partial charge in [-0.2, -0.15) is 5.10 Å². The Morgan fingerprint density at radius 3 is 2.41 bits per heavy atom. The van der Waals surface area contributed by atoms with Crippen LogP contribution in [-0.4, -0.2) is 34.1 Å². The summed E-state index contributed by atoms with van der Waals surface area (Å²) >= 11 is 0. The first-order chi connectivity index (χ1) is 16.6. The van der Waals surface area contributed by atoms with Gasteiger partial charge in [0.1, 0.15) is 0 Å². The van der Waals surface area contributed by atoms with Crippen LogP contribution in [-0.2, 0) is 6.42 Å². The maximum Gasteiger partial charge on any atom is 0.254 e. The van der Waals surface area contributed by atoms with Crippen molar-refractivity contribution in [1.29, 1.82) is 0 Å². The van der Waals surface area contributed by atoms with Crippen molar-refractivity contribution in [2.75, 3.05) is 13.1 Å². The van der Waals surface area contributed by atoms with Crippen molar-refractivity contribution >= 4 is 5.91 Å². The molecular weight excluding hydrogens is 418 g/mol. The van der Waals surface area contributed by atoms with Crippen LogP contribution in [0.3, 0.4) is 0 Å². The monoisotopic (exact) mass is 451 g/mol. The van der Waals surface area contributed by atoms with Crippen LogP contribution in [0.1, 0.15) is 89.2 Å². The second kappa shape index (κ2) is 9.50. The zero-order valence-electron chi connectivity index (χ0n) is 20.2. The molecule has 1 saturated heterocycles. The van der Waals surface area contributed by atoms with E-state index < -0.39 is 0 Å². The molecule has 5 rings (SSSR count). The highest BCUT2D eigenvalue weighted by atomic mass is 16.2. The summed E-state index contributed by atoms with van der Waals surface area (Å²) in [5.41, 5.74) is 8.68. The number of carbonyl (C=O) groups is 1. The fraction of sp³-hybridized carbons (Fsp3) is 0.400. The molecule has 2 fully saturated rings. The maximum absolute atomic E-state index is 13.6. The Kier molecular flexibility index (Phi) is 6.28. The molecule has 4 nitrogen and oxygen atoms in total. The number of rotatable bonds is 5. The molecule has 0 atom stereocenters. The molecule has 1 N–H and O–H groups in total. The SMILES string of the molecule is C#Cc1ccc(C2CCN(C(=O)c3cc(-c4cc(CC)[nH]n4)c(C4CCC4)cc3C)CC2)cc1. The van der Waals surface area contributed by atoms with Crippen LogP contribution in [0.5, 0.6) is 0 Å². The van der Waals surface area contributed by atoms with Gasteiger partial charge in [-0.1, -0.05) is 37.5 Å². The van der Waals surface area contributed by atoms with E-state index in [-0.39, 0.29) is 5.91 Å². The average molecular weight is 452 g/mol. The minimum absolute atomic E-state index is 0.145. The minimum atomic E-state index is 0.145. The van der Waals surface area contributed by atoms with Gasteiger partial charge in [0.05, 0.1) is 5.69 Å². The molecule has 2 aromatic carbocycles. The molecule has 34 heavy (non-hydrogen) atoms. The molecule has 0 spiro atoms. The highest BCUT2D eigenvalue weighted by molar-refractivity contribution is 5.97. The third kappa shape index (κ3) is 4.28. The van der Waals surface area contributed by atoms with Crippen molar-refractivity contribution in [2.45, 2.75) is 64.2 Å². The zero-order valence-corrected chi connectivity index (χ0v) is 20.2. The predicted octanol–water partition coefficient (Wildman–Crippen LogP) is 6.22. The Hall–Kier alpha value is -3.32. The number of nitrogens with zero attached hydrogens (tertiary/aromatic N) is 2. The van der Waals surface area contributed by atoms with E-state index in [0.29, 0.717) is 11.8 Å². The fourth-order valence-corrected chi connectivity index (χ4v) is 5.36. The summed E-state index contributed by atoms with van der Waals surface area (Å²) in [7, 11) is 0. The molecular formula is C30H33N3O. The molecule has 0 radical (unpaired) electrons. The van der Waals surface area contributed by atoms with Gasteiger partial charge in [0, 0.05) is 35.5 Å². The van der Waals surface area contributed by atoms with Gasteiger partial charge in [0.25, 0.3) is 5.91 Å². The minimum Gasteiger partial charge on any atom is -0.339 e. The van der Waals surface area contributed by atoms with E-state index in [1.807, 2.05) is 17.0 Å². The fourth-order valence-electron chi connectivity index (χ4n) is 5.36. The number of hydrogen-bond donors (Lipinski definition) is 1. The number of piperidine rings is 1. The number of H-pyrrole nitrogens is 1. The highest BCUT2D eigenvalue weighted by Crippen LogP contribution is 2.42. The smallest absolute Gasteiger partial charge is 0.254 e. The van der Waals surface area contributed by atoms with Crippen molar-refractivity contribution in [3.05, 3.63) is 76.0 Å². The van der Waals surface area contributed by atoms with Gasteiger partial charge in [-0.25, -0.2) is 0 Å². The van der Waals surface area contributed by atoms with E-state index in [1.54, 1.807) is 0 Å². The van der Waals surface area contributed by atoms with Crippen LogP contribution in [0, 0.1) is 19.3 Å². The highest BCUT2D eigenvalue weighted by Gasteiger charge is 2.29. The van der Waals surface area contributed by atoms with E-state index in [4.69, 9.17) is 6.42 Å². The van der Waals surface area contributed by atoms with Gasteiger partial charge in [-0.3, -0.25) is 9.89 Å². The lowest BCUT2D eigenvalue weighted by Crippen LogP contribution is -2.38. The summed E-state index contributed by atoms with van der Waals surface area (Å²) in [4.78, 5) is 15.7. The molecule has 3 aromatic rings. The molecule has 1 aromatic heterocycles. The standard InChI is InChI=1S/C30H33N3O/c1-4-21-9-11-22(12-10-21)23-13-15-33(16-14-23)30(34)26-19-28(29-18-25(5-2)31-32-29)27(17-20(26)3)24-7-6-8-24/h1,9-12,17-19,23-24H,5-8,13-16H2,2-3H3,(H,31,32). The normalized spacial score (nSPS) is 16.8. The molecule has 2 heterocycles. The summed E-state index contributed by atoms with van der Waals surface area (Å²) in [5.74, 6) is 3.88. The predicted molar refractivity (Wildman–Crippen MR) is 137 cm³/mol. The number of benzene rings is 2. The third-order valence-electron chi connectivity index (χ3n) is 7.79. The van der Waals surface area contributed by atoms with Gasteiger partial charge < -0.3 is 4.90 Å². The van der Waals surface area contributed by atoms with E-state index in [1.165, 1.54) is 30.4 Å². The quantitative estimate of drug-likeness (QED) is 0.469.